The number of likely N-dealkylation sites (tertiary alicyclic amines) is 1. The predicted octanol–water partition coefficient (Wildman–Crippen LogP) is 2.64. The van der Waals surface area contributed by atoms with E-state index in [4.69, 9.17) is 10.5 Å². The summed E-state index contributed by atoms with van der Waals surface area (Å²) in [7, 11) is 0. The molecule has 1 saturated carbocycles. The summed E-state index contributed by atoms with van der Waals surface area (Å²) in [4.78, 5) is 2.64. The molecule has 1 heterocycles. The zero-order valence-electron chi connectivity index (χ0n) is 12.7. The van der Waals surface area contributed by atoms with Crippen LogP contribution in [0.15, 0.2) is 0 Å². The van der Waals surface area contributed by atoms with Gasteiger partial charge in [0.15, 0.2) is 0 Å². The first-order valence-electron chi connectivity index (χ1n) is 8.37. The van der Waals surface area contributed by atoms with E-state index in [0.29, 0.717) is 6.10 Å². The number of rotatable bonds is 6. The van der Waals surface area contributed by atoms with E-state index in [-0.39, 0.29) is 0 Å². The van der Waals surface area contributed by atoms with Gasteiger partial charge in [-0.2, -0.15) is 0 Å². The monoisotopic (exact) mass is 268 g/mol. The lowest BCUT2D eigenvalue weighted by Gasteiger charge is -2.38. The number of ether oxygens (including phenoxy) is 1. The highest BCUT2D eigenvalue weighted by Gasteiger charge is 2.28. The Kier molecular flexibility index (Phi) is 6.62. The van der Waals surface area contributed by atoms with Gasteiger partial charge in [0.05, 0.1) is 6.10 Å². The van der Waals surface area contributed by atoms with Gasteiger partial charge < -0.3 is 15.4 Å². The normalized spacial score (nSPS) is 33.5. The number of piperidine rings is 1. The summed E-state index contributed by atoms with van der Waals surface area (Å²) in [6.07, 6.45) is 9.70. The minimum atomic E-state index is 0.480. The van der Waals surface area contributed by atoms with Gasteiger partial charge in [0, 0.05) is 19.7 Å². The zero-order chi connectivity index (χ0) is 13.5. The molecule has 19 heavy (non-hydrogen) atoms. The fraction of sp³-hybridized carbons (Fsp3) is 1.00. The summed E-state index contributed by atoms with van der Waals surface area (Å²) >= 11 is 0. The molecule has 3 unspecified atom stereocenters. The van der Waals surface area contributed by atoms with Crippen LogP contribution in [0.4, 0.5) is 0 Å². The van der Waals surface area contributed by atoms with Gasteiger partial charge in [-0.3, -0.25) is 0 Å². The Labute approximate surface area is 118 Å². The van der Waals surface area contributed by atoms with Gasteiger partial charge >= 0.3 is 0 Å². The number of nitrogens with two attached hydrogens (primary N) is 1. The second-order valence-corrected chi connectivity index (χ2v) is 6.43. The van der Waals surface area contributed by atoms with E-state index in [0.717, 1.165) is 38.0 Å². The standard InChI is InChI=1S/C16H32N2O/c1-2-10-19-16-8-5-9-18(13-16)12-15-7-4-3-6-14(15)11-17/h14-16H,2-13,17H2,1H3. The molecule has 0 aromatic rings. The Balaban J connectivity index is 1.77. The van der Waals surface area contributed by atoms with Crippen molar-refractivity contribution in [2.75, 3.05) is 32.8 Å². The lowest BCUT2D eigenvalue weighted by atomic mass is 9.79. The van der Waals surface area contributed by atoms with Crippen LogP contribution in [0.3, 0.4) is 0 Å². The number of hydrogen-bond donors (Lipinski definition) is 1. The topological polar surface area (TPSA) is 38.5 Å². The van der Waals surface area contributed by atoms with Crippen molar-refractivity contribution in [1.82, 2.24) is 4.90 Å². The van der Waals surface area contributed by atoms with Crippen molar-refractivity contribution in [3.05, 3.63) is 0 Å². The molecule has 0 aromatic carbocycles. The molecule has 2 N–H and O–H groups in total. The van der Waals surface area contributed by atoms with Crippen LogP contribution in [0, 0.1) is 11.8 Å². The Morgan fingerprint density at radius 1 is 1.11 bits per heavy atom. The summed E-state index contributed by atoms with van der Waals surface area (Å²) < 4.78 is 5.94. The molecule has 0 amide bonds. The molecule has 0 spiro atoms. The number of nitrogens with zero attached hydrogens (tertiary/aromatic N) is 1. The Morgan fingerprint density at radius 3 is 2.63 bits per heavy atom. The highest BCUT2D eigenvalue weighted by Crippen LogP contribution is 2.30. The molecular formula is C16H32N2O. The van der Waals surface area contributed by atoms with E-state index in [1.807, 2.05) is 0 Å². The van der Waals surface area contributed by atoms with Gasteiger partial charge in [-0.1, -0.05) is 19.8 Å². The zero-order valence-corrected chi connectivity index (χ0v) is 12.7. The van der Waals surface area contributed by atoms with Crippen LogP contribution in [0.2, 0.25) is 0 Å². The van der Waals surface area contributed by atoms with Crippen molar-refractivity contribution in [2.45, 2.75) is 58.0 Å². The summed E-state index contributed by atoms with van der Waals surface area (Å²) in [6, 6.07) is 0. The van der Waals surface area contributed by atoms with Crippen LogP contribution in [-0.2, 0) is 4.74 Å². The Morgan fingerprint density at radius 2 is 1.89 bits per heavy atom. The molecular weight excluding hydrogens is 236 g/mol. The summed E-state index contributed by atoms with van der Waals surface area (Å²) in [5.74, 6) is 1.61. The van der Waals surface area contributed by atoms with Crippen molar-refractivity contribution in [3.8, 4) is 0 Å². The van der Waals surface area contributed by atoms with Crippen molar-refractivity contribution in [2.24, 2.45) is 17.6 Å². The van der Waals surface area contributed by atoms with Gasteiger partial charge in [-0.05, 0) is 57.0 Å². The molecule has 3 heteroatoms. The van der Waals surface area contributed by atoms with Crippen molar-refractivity contribution >= 4 is 0 Å². The van der Waals surface area contributed by atoms with Crippen LogP contribution in [0.25, 0.3) is 0 Å². The maximum Gasteiger partial charge on any atom is 0.0702 e. The highest BCUT2D eigenvalue weighted by molar-refractivity contribution is 4.81. The van der Waals surface area contributed by atoms with Crippen LogP contribution < -0.4 is 5.73 Å². The van der Waals surface area contributed by atoms with Crippen LogP contribution in [-0.4, -0.2) is 43.8 Å². The summed E-state index contributed by atoms with van der Waals surface area (Å²) in [6.45, 7) is 7.66. The van der Waals surface area contributed by atoms with Gasteiger partial charge in [-0.25, -0.2) is 0 Å². The first kappa shape index (κ1) is 15.3. The Hall–Kier alpha value is -0.120. The van der Waals surface area contributed by atoms with E-state index < -0.39 is 0 Å². The molecule has 112 valence electrons. The third kappa shape index (κ3) is 4.73. The molecule has 3 nitrogen and oxygen atoms in total. The van der Waals surface area contributed by atoms with Gasteiger partial charge in [-0.15, -0.1) is 0 Å². The van der Waals surface area contributed by atoms with Crippen LogP contribution >= 0.6 is 0 Å². The van der Waals surface area contributed by atoms with Gasteiger partial charge in [0.1, 0.15) is 0 Å². The van der Waals surface area contributed by atoms with E-state index in [9.17, 15) is 0 Å². The van der Waals surface area contributed by atoms with Crippen molar-refractivity contribution < 1.29 is 4.74 Å². The fourth-order valence-electron chi connectivity index (χ4n) is 3.77. The van der Waals surface area contributed by atoms with E-state index in [2.05, 4.69) is 11.8 Å². The molecule has 2 aliphatic rings. The van der Waals surface area contributed by atoms with Gasteiger partial charge in [0.25, 0.3) is 0 Å². The lowest BCUT2D eigenvalue weighted by molar-refractivity contribution is -0.00811. The molecule has 1 aliphatic heterocycles. The lowest BCUT2D eigenvalue weighted by Crippen LogP contribution is -2.44. The first-order chi connectivity index (χ1) is 9.33. The minimum absolute atomic E-state index is 0.480. The van der Waals surface area contributed by atoms with E-state index in [1.165, 1.54) is 51.6 Å². The van der Waals surface area contributed by atoms with E-state index in [1.54, 1.807) is 0 Å². The molecule has 2 fully saturated rings. The van der Waals surface area contributed by atoms with Crippen LogP contribution in [0.1, 0.15) is 51.9 Å². The smallest absolute Gasteiger partial charge is 0.0702 e. The predicted molar refractivity (Wildman–Crippen MR) is 80.2 cm³/mol. The molecule has 0 radical (unpaired) electrons. The molecule has 3 atom stereocenters. The minimum Gasteiger partial charge on any atom is -0.377 e. The second kappa shape index (κ2) is 8.23. The number of hydrogen-bond acceptors (Lipinski definition) is 3. The van der Waals surface area contributed by atoms with E-state index >= 15 is 0 Å². The molecule has 2 rings (SSSR count). The third-order valence-electron chi connectivity index (χ3n) is 4.88. The van der Waals surface area contributed by atoms with Crippen molar-refractivity contribution in [3.63, 3.8) is 0 Å². The largest absolute Gasteiger partial charge is 0.377 e. The molecule has 0 aromatic heterocycles. The fourth-order valence-corrected chi connectivity index (χ4v) is 3.77. The summed E-state index contributed by atoms with van der Waals surface area (Å²) in [5.41, 5.74) is 5.95. The molecule has 1 saturated heterocycles. The maximum atomic E-state index is 5.95. The molecule has 0 bridgehead atoms. The second-order valence-electron chi connectivity index (χ2n) is 6.43. The average molecular weight is 268 g/mol. The maximum absolute atomic E-state index is 5.95. The third-order valence-corrected chi connectivity index (χ3v) is 4.88. The van der Waals surface area contributed by atoms with Crippen LogP contribution in [0.5, 0.6) is 0 Å². The Bertz CT molecular complexity index is 247. The van der Waals surface area contributed by atoms with Crippen molar-refractivity contribution in [1.29, 1.82) is 0 Å². The average Bonchev–Trinajstić information content (AvgIpc) is 2.46. The van der Waals surface area contributed by atoms with Gasteiger partial charge in [0.2, 0.25) is 0 Å². The first-order valence-corrected chi connectivity index (χ1v) is 8.37. The highest BCUT2D eigenvalue weighted by atomic mass is 16.5. The molecule has 1 aliphatic carbocycles. The quantitative estimate of drug-likeness (QED) is 0.805. The SMILES string of the molecule is CCCOC1CCCN(CC2CCCCC2CN)C1. The summed E-state index contributed by atoms with van der Waals surface area (Å²) in [5, 5.41) is 0.